The highest BCUT2D eigenvalue weighted by atomic mass is 32.1. The van der Waals surface area contributed by atoms with Gasteiger partial charge in [-0.25, -0.2) is 4.98 Å². The van der Waals surface area contributed by atoms with Crippen LogP contribution >= 0.6 is 11.3 Å². The second kappa shape index (κ2) is 9.75. The first kappa shape index (κ1) is 21.8. The van der Waals surface area contributed by atoms with E-state index in [0.29, 0.717) is 63.3 Å². The number of piperazine rings is 1. The molecule has 3 heterocycles. The number of alkyl halides is 3. The quantitative estimate of drug-likeness (QED) is 0.568. The number of aliphatic imine (C=N–C) groups is 1. The van der Waals surface area contributed by atoms with Crippen LogP contribution in [-0.4, -0.2) is 78.6 Å². The molecule has 29 heavy (non-hydrogen) atoms. The molecule has 0 radical (unpaired) electrons. The average Bonchev–Trinajstić information content (AvgIpc) is 3.39. The van der Waals surface area contributed by atoms with Gasteiger partial charge in [-0.1, -0.05) is 0 Å². The third-order valence-corrected chi connectivity index (χ3v) is 5.77. The van der Waals surface area contributed by atoms with Crippen LogP contribution in [0.5, 0.6) is 0 Å². The number of ether oxygens (including phenoxy) is 1. The van der Waals surface area contributed by atoms with Crippen LogP contribution in [0.1, 0.15) is 30.5 Å². The molecule has 0 bridgehead atoms. The van der Waals surface area contributed by atoms with Crippen LogP contribution in [0, 0.1) is 0 Å². The van der Waals surface area contributed by atoms with Crippen LogP contribution in [-0.2, 0) is 22.1 Å². The Morgan fingerprint density at radius 2 is 2.07 bits per heavy atom. The minimum absolute atomic E-state index is 0.0633. The molecule has 0 aromatic carbocycles. The summed E-state index contributed by atoms with van der Waals surface area (Å²) >= 11 is 1.00. The monoisotopic (exact) mass is 433 g/mol. The van der Waals surface area contributed by atoms with Crippen molar-refractivity contribution in [1.29, 1.82) is 0 Å². The summed E-state index contributed by atoms with van der Waals surface area (Å²) in [6.07, 6.45) is -2.64. The minimum atomic E-state index is -4.41. The van der Waals surface area contributed by atoms with Crippen molar-refractivity contribution >= 4 is 23.2 Å². The molecule has 0 saturated carbocycles. The lowest BCUT2D eigenvalue weighted by atomic mass is 10.2. The number of halogens is 3. The molecule has 0 aliphatic carbocycles. The maximum Gasteiger partial charge on any atom is 0.434 e. The van der Waals surface area contributed by atoms with Crippen molar-refractivity contribution in [3.8, 4) is 0 Å². The number of nitrogens with one attached hydrogen (secondary N) is 1. The lowest BCUT2D eigenvalue weighted by molar-refractivity contribution is -0.142. The van der Waals surface area contributed by atoms with E-state index in [-0.39, 0.29) is 12.0 Å². The fraction of sp³-hybridized carbons (Fsp3) is 0.722. The van der Waals surface area contributed by atoms with Gasteiger partial charge in [-0.2, -0.15) is 13.2 Å². The number of thiazole rings is 1. The van der Waals surface area contributed by atoms with Gasteiger partial charge in [0.2, 0.25) is 0 Å². The molecule has 0 spiro atoms. The summed E-state index contributed by atoms with van der Waals surface area (Å²) in [5.41, 5.74) is -0.847. The molecule has 1 atom stereocenters. The van der Waals surface area contributed by atoms with E-state index in [1.54, 1.807) is 0 Å². The van der Waals surface area contributed by atoms with Gasteiger partial charge in [-0.3, -0.25) is 9.79 Å². The normalized spacial score (nSPS) is 21.0. The number of hydrogen-bond acceptors (Lipinski definition) is 5. The molecule has 1 amide bonds. The summed E-state index contributed by atoms with van der Waals surface area (Å²) < 4.78 is 43.4. The molecular formula is C18H26F3N5O2S. The SMILES string of the molecule is CCNC(=NCCc1nc(C(F)(F)F)cs1)N1CCN(C(=O)C2CCCO2)CC1. The van der Waals surface area contributed by atoms with Gasteiger partial charge in [0.15, 0.2) is 11.7 Å². The Kier molecular flexibility index (Phi) is 7.33. The van der Waals surface area contributed by atoms with E-state index in [1.165, 1.54) is 0 Å². The Bertz CT molecular complexity index is 711. The smallest absolute Gasteiger partial charge is 0.368 e. The Balaban J connectivity index is 1.51. The summed E-state index contributed by atoms with van der Waals surface area (Å²) in [4.78, 5) is 24.5. The fourth-order valence-electron chi connectivity index (χ4n) is 3.35. The van der Waals surface area contributed by atoms with Crippen molar-refractivity contribution < 1.29 is 22.7 Å². The summed E-state index contributed by atoms with van der Waals surface area (Å²) in [7, 11) is 0. The summed E-state index contributed by atoms with van der Waals surface area (Å²) in [6, 6.07) is 0. The third kappa shape index (κ3) is 5.81. The zero-order valence-electron chi connectivity index (χ0n) is 16.4. The lowest BCUT2D eigenvalue weighted by Gasteiger charge is -2.37. The number of carbonyl (C=O) groups excluding carboxylic acids is 1. The maximum absolute atomic E-state index is 12.6. The Labute approximate surface area is 171 Å². The Morgan fingerprint density at radius 3 is 2.66 bits per heavy atom. The molecule has 1 aromatic heterocycles. The standard InChI is InChI=1S/C18H26F3N5O2S/c1-2-22-17(23-6-5-15-24-14(12-29-15)18(19,20)21)26-9-7-25(8-10-26)16(27)13-4-3-11-28-13/h12-13H,2-11H2,1H3,(H,22,23). The highest BCUT2D eigenvalue weighted by Gasteiger charge is 2.33. The first-order valence-electron chi connectivity index (χ1n) is 9.83. The first-order valence-corrected chi connectivity index (χ1v) is 10.7. The maximum atomic E-state index is 12.6. The highest BCUT2D eigenvalue weighted by molar-refractivity contribution is 7.09. The topological polar surface area (TPSA) is 70.1 Å². The van der Waals surface area contributed by atoms with E-state index in [9.17, 15) is 18.0 Å². The van der Waals surface area contributed by atoms with E-state index in [1.807, 2.05) is 11.8 Å². The second-order valence-electron chi connectivity index (χ2n) is 6.92. The molecule has 2 saturated heterocycles. The van der Waals surface area contributed by atoms with Crippen molar-refractivity contribution in [2.24, 2.45) is 4.99 Å². The molecule has 2 aliphatic heterocycles. The third-order valence-electron chi connectivity index (χ3n) is 4.86. The van der Waals surface area contributed by atoms with Crippen LogP contribution < -0.4 is 5.32 Å². The lowest BCUT2D eigenvalue weighted by Crippen LogP contribution is -2.55. The van der Waals surface area contributed by atoms with E-state index in [4.69, 9.17) is 4.74 Å². The molecule has 1 aromatic rings. The van der Waals surface area contributed by atoms with Crippen LogP contribution in [0.3, 0.4) is 0 Å². The number of amides is 1. The van der Waals surface area contributed by atoms with Crippen molar-refractivity contribution in [3.63, 3.8) is 0 Å². The molecule has 162 valence electrons. The number of hydrogen-bond donors (Lipinski definition) is 1. The minimum Gasteiger partial charge on any atom is -0.368 e. The van der Waals surface area contributed by atoms with Gasteiger partial charge in [0.25, 0.3) is 5.91 Å². The number of carbonyl (C=O) groups is 1. The molecular weight excluding hydrogens is 407 g/mol. The number of nitrogens with zero attached hydrogens (tertiary/aromatic N) is 4. The largest absolute Gasteiger partial charge is 0.434 e. The van der Waals surface area contributed by atoms with Gasteiger partial charge in [0, 0.05) is 57.7 Å². The number of rotatable bonds is 5. The molecule has 1 unspecified atom stereocenters. The van der Waals surface area contributed by atoms with Crippen LogP contribution in [0.25, 0.3) is 0 Å². The predicted molar refractivity (Wildman–Crippen MR) is 104 cm³/mol. The van der Waals surface area contributed by atoms with Crippen molar-refractivity contribution in [2.45, 2.75) is 38.5 Å². The number of guanidine groups is 1. The van der Waals surface area contributed by atoms with E-state index in [0.717, 1.165) is 29.6 Å². The van der Waals surface area contributed by atoms with Gasteiger partial charge in [-0.05, 0) is 19.8 Å². The van der Waals surface area contributed by atoms with E-state index < -0.39 is 11.9 Å². The van der Waals surface area contributed by atoms with E-state index >= 15 is 0 Å². The Hall–Kier alpha value is -1.88. The van der Waals surface area contributed by atoms with Crippen LogP contribution in [0.4, 0.5) is 13.2 Å². The van der Waals surface area contributed by atoms with Crippen LogP contribution in [0.15, 0.2) is 10.4 Å². The summed E-state index contributed by atoms with van der Waals surface area (Å²) in [5, 5.41) is 4.67. The van der Waals surface area contributed by atoms with Crippen molar-refractivity contribution in [2.75, 3.05) is 45.9 Å². The second-order valence-corrected chi connectivity index (χ2v) is 7.87. The van der Waals surface area contributed by atoms with Crippen LogP contribution in [0.2, 0.25) is 0 Å². The molecule has 7 nitrogen and oxygen atoms in total. The van der Waals surface area contributed by atoms with Crippen molar-refractivity contribution in [1.82, 2.24) is 20.1 Å². The molecule has 3 rings (SSSR count). The van der Waals surface area contributed by atoms with Crippen molar-refractivity contribution in [3.05, 3.63) is 16.1 Å². The zero-order valence-corrected chi connectivity index (χ0v) is 17.2. The van der Waals surface area contributed by atoms with Gasteiger partial charge < -0.3 is 19.9 Å². The highest BCUT2D eigenvalue weighted by Crippen LogP contribution is 2.30. The van der Waals surface area contributed by atoms with E-state index in [2.05, 4.69) is 20.2 Å². The molecule has 1 N–H and O–H groups in total. The molecule has 2 aliphatic rings. The predicted octanol–water partition coefficient (Wildman–Crippen LogP) is 1.99. The Morgan fingerprint density at radius 1 is 1.34 bits per heavy atom. The number of aromatic nitrogens is 1. The van der Waals surface area contributed by atoms with Gasteiger partial charge in [0.05, 0.1) is 5.01 Å². The zero-order chi connectivity index (χ0) is 20.9. The van der Waals surface area contributed by atoms with Gasteiger partial charge >= 0.3 is 6.18 Å². The van der Waals surface area contributed by atoms with Gasteiger partial charge in [0.1, 0.15) is 6.10 Å². The van der Waals surface area contributed by atoms with Gasteiger partial charge in [-0.15, -0.1) is 11.3 Å². The first-order chi connectivity index (χ1) is 13.9. The summed E-state index contributed by atoms with van der Waals surface area (Å²) in [6.45, 7) is 6.15. The molecule has 11 heteroatoms. The molecule has 2 fully saturated rings. The average molecular weight is 434 g/mol. The summed E-state index contributed by atoms with van der Waals surface area (Å²) in [5.74, 6) is 0.776. The fourth-order valence-corrected chi connectivity index (χ4v) is 4.15.